The lowest BCUT2D eigenvalue weighted by molar-refractivity contribution is 0.373. The first kappa shape index (κ1) is 20.9. The number of fused-ring (bicyclic) bond motifs is 1. The molecule has 0 saturated carbocycles. The Morgan fingerprint density at radius 2 is 1.84 bits per heavy atom. The number of nitrogens with zero attached hydrogens (tertiary/aromatic N) is 5. The van der Waals surface area contributed by atoms with Gasteiger partial charge >= 0.3 is 5.69 Å². The Kier molecular flexibility index (Phi) is 5.50. The van der Waals surface area contributed by atoms with E-state index in [9.17, 15) is 14.7 Å². The summed E-state index contributed by atoms with van der Waals surface area (Å²) in [6.07, 6.45) is 1.42. The molecule has 0 aliphatic heterocycles. The standard InChI is InChI=1S/C22H22N6O4/c1-26-19-17(20(30)27(2)22(26)31)28(13-14-8-5-4-6-9-14)21(24-19)25-23-12-15-10-7-11-16(32-3)18(15)29/h4-12,29H,13H2,1-3H3,(H,24,25). The van der Waals surface area contributed by atoms with Crippen molar-refractivity contribution in [2.24, 2.45) is 19.2 Å². The number of hydrogen-bond donors (Lipinski definition) is 2. The lowest BCUT2D eigenvalue weighted by atomic mass is 10.2. The van der Waals surface area contributed by atoms with E-state index in [1.807, 2.05) is 30.3 Å². The SMILES string of the molecule is COc1cccc(C=NNc2nc3c(c(=O)n(C)c(=O)n3C)n2Cc2ccccc2)c1O. The predicted octanol–water partition coefficient (Wildman–Crippen LogP) is 1.64. The number of phenolic OH excluding ortho intramolecular Hbond substituents is 1. The summed E-state index contributed by atoms with van der Waals surface area (Å²) in [4.78, 5) is 29.7. The number of phenols is 1. The van der Waals surface area contributed by atoms with E-state index in [0.29, 0.717) is 17.9 Å². The molecule has 0 atom stereocenters. The van der Waals surface area contributed by atoms with Crippen molar-refractivity contribution in [2.75, 3.05) is 12.5 Å². The van der Waals surface area contributed by atoms with Crippen LogP contribution in [-0.4, -0.2) is 37.1 Å². The van der Waals surface area contributed by atoms with Crippen molar-refractivity contribution >= 4 is 23.3 Å². The predicted molar refractivity (Wildman–Crippen MR) is 122 cm³/mol. The van der Waals surface area contributed by atoms with Crippen LogP contribution in [0.5, 0.6) is 11.5 Å². The van der Waals surface area contributed by atoms with Crippen LogP contribution in [-0.2, 0) is 20.6 Å². The van der Waals surface area contributed by atoms with Crippen LogP contribution >= 0.6 is 0 Å². The monoisotopic (exact) mass is 434 g/mol. The molecule has 0 spiro atoms. The summed E-state index contributed by atoms with van der Waals surface area (Å²) < 4.78 is 9.15. The highest BCUT2D eigenvalue weighted by atomic mass is 16.5. The van der Waals surface area contributed by atoms with Gasteiger partial charge in [0.25, 0.3) is 5.56 Å². The summed E-state index contributed by atoms with van der Waals surface area (Å²) in [6.45, 7) is 0.340. The van der Waals surface area contributed by atoms with Crippen LogP contribution in [0.15, 0.2) is 63.2 Å². The third-order valence-electron chi connectivity index (χ3n) is 5.15. The van der Waals surface area contributed by atoms with Crippen molar-refractivity contribution in [3.63, 3.8) is 0 Å². The minimum atomic E-state index is -0.469. The second kappa shape index (κ2) is 8.42. The normalized spacial score (nSPS) is 11.3. The molecule has 0 fully saturated rings. The highest BCUT2D eigenvalue weighted by Gasteiger charge is 2.19. The van der Waals surface area contributed by atoms with E-state index >= 15 is 0 Å². The summed E-state index contributed by atoms with van der Waals surface area (Å²) in [5, 5.41) is 14.4. The largest absolute Gasteiger partial charge is 0.504 e. The van der Waals surface area contributed by atoms with E-state index in [2.05, 4.69) is 15.5 Å². The Morgan fingerprint density at radius 3 is 2.56 bits per heavy atom. The summed E-state index contributed by atoms with van der Waals surface area (Å²) in [7, 11) is 4.46. The van der Waals surface area contributed by atoms with E-state index < -0.39 is 11.2 Å². The first-order valence-electron chi connectivity index (χ1n) is 9.77. The van der Waals surface area contributed by atoms with Crippen molar-refractivity contribution in [3.05, 3.63) is 80.5 Å². The van der Waals surface area contributed by atoms with Crippen LogP contribution in [0.4, 0.5) is 5.95 Å². The minimum Gasteiger partial charge on any atom is -0.504 e. The van der Waals surface area contributed by atoms with Crippen LogP contribution in [0.2, 0.25) is 0 Å². The fraction of sp³-hybridized carbons (Fsp3) is 0.182. The molecule has 4 rings (SSSR count). The van der Waals surface area contributed by atoms with Gasteiger partial charge in [-0.3, -0.25) is 18.5 Å². The molecular formula is C22H22N6O4. The number of aryl methyl sites for hydroxylation is 1. The molecule has 0 aliphatic carbocycles. The van der Waals surface area contributed by atoms with Gasteiger partial charge in [0.15, 0.2) is 22.7 Å². The molecular weight excluding hydrogens is 412 g/mol. The first-order valence-corrected chi connectivity index (χ1v) is 9.77. The zero-order valence-corrected chi connectivity index (χ0v) is 17.8. The van der Waals surface area contributed by atoms with Gasteiger partial charge in [-0.05, 0) is 17.7 Å². The number of rotatable bonds is 6. The molecule has 0 unspecified atom stereocenters. The van der Waals surface area contributed by atoms with Crippen LogP contribution in [0.3, 0.4) is 0 Å². The molecule has 164 valence electrons. The van der Waals surface area contributed by atoms with Crippen molar-refractivity contribution in [1.29, 1.82) is 0 Å². The molecule has 0 bridgehead atoms. The van der Waals surface area contributed by atoms with Gasteiger partial charge in [-0.2, -0.15) is 10.1 Å². The van der Waals surface area contributed by atoms with Gasteiger partial charge in [0.2, 0.25) is 5.95 Å². The first-order chi connectivity index (χ1) is 15.4. The quantitative estimate of drug-likeness (QED) is 0.352. The molecule has 10 nitrogen and oxygen atoms in total. The Labute approximate surface area is 182 Å². The maximum Gasteiger partial charge on any atom is 0.332 e. The highest BCUT2D eigenvalue weighted by Crippen LogP contribution is 2.28. The van der Waals surface area contributed by atoms with Gasteiger partial charge in [0, 0.05) is 19.7 Å². The molecule has 2 aromatic carbocycles. The molecule has 4 aromatic rings. The topological polar surface area (TPSA) is 116 Å². The number of aromatic hydroxyl groups is 1. The van der Waals surface area contributed by atoms with Crippen molar-refractivity contribution in [1.82, 2.24) is 18.7 Å². The zero-order valence-electron chi connectivity index (χ0n) is 17.8. The third-order valence-corrected chi connectivity index (χ3v) is 5.15. The highest BCUT2D eigenvalue weighted by molar-refractivity contribution is 5.85. The number of aromatic nitrogens is 4. The van der Waals surface area contributed by atoms with Crippen LogP contribution < -0.4 is 21.4 Å². The maximum absolute atomic E-state index is 12.9. The summed E-state index contributed by atoms with van der Waals surface area (Å²) in [5.74, 6) is 0.555. The number of ether oxygens (including phenoxy) is 1. The van der Waals surface area contributed by atoms with Crippen LogP contribution in [0.25, 0.3) is 11.2 Å². The van der Waals surface area contributed by atoms with Gasteiger partial charge < -0.3 is 9.84 Å². The maximum atomic E-state index is 12.9. The molecule has 2 aromatic heterocycles. The lowest BCUT2D eigenvalue weighted by Gasteiger charge is -2.09. The van der Waals surface area contributed by atoms with E-state index in [-0.39, 0.29) is 22.9 Å². The van der Waals surface area contributed by atoms with Crippen molar-refractivity contribution in [2.45, 2.75) is 6.54 Å². The molecule has 0 amide bonds. The van der Waals surface area contributed by atoms with Gasteiger partial charge in [-0.1, -0.05) is 36.4 Å². The van der Waals surface area contributed by atoms with Gasteiger partial charge in [0.05, 0.1) is 19.9 Å². The minimum absolute atomic E-state index is 0.0467. The molecule has 0 aliphatic rings. The van der Waals surface area contributed by atoms with E-state index in [0.717, 1.165) is 10.1 Å². The number of benzene rings is 2. The second-order valence-electron chi connectivity index (χ2n) is 7.15. The van der Waals surface area contributed by atoms with E-state index in [1.54, 1.807) is 29.8 Å². The van der Waals surface area contributed by atoms with E-state index in [1.165, 1.54) is 24.9 Å². The Morgan fingerprint density at radius 1 is 1.09 bits per heavy atom. The van der Waals surface area contributed by atoms with Crippen molar-refractivity contribution in [3.8, 4) is 11.5 Å². The average Bonchev–Trinajstić information content (AvgIpc) is 3.16. The van der Waals surface area contributed by atoms with E-state index in [4.69, 9.17) is 4.74 Å². The second-order valence-corrected chi connectivity index (χ2v) is 7.15. The molecule has 0 saturated heterocycles. The van der Waals surface area contributed by atoms with Crippen LogP contribution in [0, 0.1) is 0 Å². The smallest absolute Gasteiger partial charge is 0.332 e. The Balaban J connectivity index is 1.81. The zero-order chi connectivity index (χ0) is 22.8. The molecule has 0 radical (unpaired) electrons. The number of methoxy groups -OCH3 is 1. The Hall–Kier alpha value is -4.34. The fourth-order valence-electron chi connectivity index (χ4n) is 3.42. The van der Waals surface area contributed by atoms with Gasteiger partial charge in [-0.15, -0.1) is 0 Å². The molecule has 2 N–H and O–H groups in total. The molecule has 10 heteroatoms. The van der Waals surface area contributed by atoms with Gasteiger partial charge in [-0.25, -0.2) is 10.2 Å². The summed E-state index contributed by atoms with van der Waals surface area (Å²) in [5.41, 5.74) is 3.82. The summed E-state index contributed by atoms with van der Waals surface area (Å²) >= 11 is 0. The fourth-order valence-corrected chi connectivity index (χ4v) is 3.42. The number of imidazole rings is 1. The number of hydrogen-bond acceptors (Lipinski definition) is 7. The number of nitrogens with one attached hydrogen (secondary N) is 1. The van der Waals surface area contributed by atoms with Gasteiger partial charge in [0.1, 0.15) is 0 Å². The number of hydrazone groups is 1. The number of para-hydroxylation sites is 1. The lowest BCUT2D eigenvalue weighted by Crippen LogP contribution is -2.37. The number of anilines is 1. The molecule has 32 heavy (non-hydrogen) atoms. The van der Waals surface area contributed by atoms with Crippen molar-refractivity contribution < 1.29 is 9.84 Å². The third kappa shape index (κ3) is 3.62. The summed E-state index contributed by atoms with van der Waals surface area (Å²) in [6, 6.07) is 14.6. The Bertz CT molecular complexity index is 1430. The molecule has 2 heterocycles. The average molecular weight is 434 g/mol. The van der Waals surface area contributed by atoms with Crippen LogP contribution in [0.1, 0.15) is 11.1 Å².